The molecule has 0 radical (unpaired) electrons. The Morgan fingerprint density at radius 3 is 2.29 bits per heavy atom. The largest absolute Gasteiger partial charge is 0.389 e. The molecule has 40 valence electrons. The van der Waals surface area contributed by atoms with E-state index in [1.54, 1.807) is 0 Å². The summed E-state index contributed by atoms with van der Waals surface area (Å²) in [5.41, 5.74) is 4.74. The van der Waals surface area contributed by atoms with E-state index in [0.717, 1.165) is 0 Å². The zero-order chi connectivity index (χ0) is 5.86. The second kappa shape index (κ2) is 2.58. The summed E-state index contributed by atoms with van der Waals surface area (Å²) in [5, 5.41) is 5.90. The molecule has 0 aromatic heterocycles. The lowest BCUT2D eigenvalue weighted by Gasteiger charge is -1.78. The maximum atomic E-state index is 11.3. The molecule has 0 fully saturated rings. The van der Waals surface area contributed by atoms with Gasteiger partial charge < -0.3 is 5.73 Å². The van der Waals surface area contributed by atoms with Crippen LogP contribution in [-0.4, -0.2) is 5.97 Å². The Balaban J connectivity index is 3.68. The van der Waals surface area contributed by atoms with Crippen molar-refractivity contribution in [2.24, 2.45) is 5.73 Å². The Labute approximate surface area is 45.3 Å². The van der Waals surface area contributed by atoms with E-state index >= 15 is 0 Å². The summed E-state index contributed by atoms with van der Waals surface area (Å²) in [6, 6.07) is 0. The number of nitrogens with two attached hydrogens (primary N) is 1. The molecule has 0 aromatic rings. The number of halogens is 2. The first-order chi connectivity index (χ1) is 3.13. The molecule has 0 spiro atoms. The number of rotatable bonds is 1. The summed E-state index contributed by atoms with van der Waals surface area (Å²) in [5.74, 6) is -1.13. The minimum atomic E-state index is -1.13. The van der Waals surface area contributed by atoms with Crippen molar-refractivity contribution in [2.45, 2.75) is 0 Å². The lowest BCUT2D eigenvalue weighted by Crippen LogP contribution is -1.89. The van der Waals surface area contributed by atoms with Gasteiger partial charge in [-0.05, 0) is 0 Å². The highest BCUT2D eigenvalue weighted by molar-refractivity contribution is 6.30. The van der Waals surface area contributed by atoms with Crippen LogP contribution in [0.5, 0.6) is 0 Å². The summed E-state index contributed by atoms with van der Waals surface area (Å²) in [7, 11) is 0. The highest BCUT2D eigenvalue weighted by Crippen LogP contribution is 1.89. The van der Waals surface area contributed by atoms with Gasteiger partial charge in [-0.25, -0.2) is 0 Å². The van der Waals surface area contributed by atoms with Crippen molar-refractivity contribution in [1.82, 2.24) is 0 Å². The summed E-state index contributed by atoms with van der Waals surface area (Å²) < 4.78 is 11.3. The molecule has 3 N–H and O–H groups in total. The molecular weight excluding hydrogens is 118 g/mol. The first-order valence-electron chi connectivity index (χ1n) is 1.49. The van der Waals surface area contributed by atoms with E-state index < -0.39 is 5.97 Å². The standard InChI is InChI=1S/C3H4ClFN2/c4-2(6)1-3(5)7/h1,7H,6H2/b2-1-,7-3?. The van der Waals surface area contributed by atoms with E-state index in [1.165, 1.54) is 0 Å². The van der Waals surface area contributed by atoms with E-state index in [4.69, 9.17) is 22.7 Å². The van der Waals surface area contributed by atoms with Gasteiger partial charge in [0.05, 0.1) is 0 Å². The molecule has 0 bridgehead atoms. The fourth-order valence-corrected chi connectivity index (χ4v) is 0.217. The Morgan fingerprint density at radius 2 is 2.29 bits per heavy atom. The van der Waals surface area contributed by atoms with Crippen LogP contribution < -0.4 is 5.73 Å². The fraction of sp³-hybridized carbons (Fsp3) is 0. The molecule has 4 heteroatoms. The smallest absolute Gasteiger partial charge is 0.208 e. The minimum absolute atomic E-state index is 0.215. The first kappa shape index (κ1) is 6.43. The van der Waals surface area contributed by atoms with E-state index in [-0.39, 0.29) is 5.16 Å². The van der Waals surface area contributed by atoms with Crippen LogP contribution >= 0.6 is 11.6 Å². The lowest BCUT2D eigenvalue weighted by atomic mass is 10.6. The molecule has 0 atom stereocenters. The molecule has 0 aromatic carbocycles. The van der Waals surface area contributed by atoms with Crippen molar-refractivity contribution < 1.29 is 4.39 Å². The summed E-state index contributed by atoms with van der Waals surface area (Å²) in [4.78, 5) is 0. The fourth-order valence-electron chi connectivity index (χ4n) is 0.121. The highest BCUT2D eigenvalue weighted by atomic mass is 35.5. The van der Waals surface area contributed by atoms with E-state index in [9.17, 15) is 4.39 Å². The predicted octanol–water partition coefficient (Wildman–Crippen LogP) is 0.972. The van der Waals surface area contributed by atoms with Gasteiger partial charge in [0.1, 0.15) is 5.16 Å². The number of nitrogens with one attached hydrogen (secondary N) is 1. The van der Waals surface area contributed by atoms with Crippen LogP contribution in [0.4, 0.5) is 4.39 Å². The Bertz CT molecular complexity index is 106. The molecule has 0 aliphatic heterocycles. The van der Waals surface area contributed by atoms with Crippen molar-refractivity contribution in [3.05, 3.63) is 11.2 Å². The average Bonchev–Trinajstić information content (AvgIpc) is 1.27. The minimum Gasteiger partial charge on any atom is -0.389 e. The molecule has 2 nitrogen and oxygen atoms in total. The topological polar surface area (TPSA) is 49.9 Å². The Kier molecular flexibility index (Phi) is 2.37. The van der Waals surface area contributed by atoms with E-state index in [1.807, 2.05) is 0 Å². The van der Waals surface area contributed by atoms with Crippen molar-refractivity contribution in [3.63, 3.8) is 0 Å². The lowest BCUT2D eigenvalue weighted by molar-refractivity contribution is 0.803. The third-order valence-electron chi connectivity index (χ3n) is 0.265. The predicted molar refractivity (Wildman–Crippen MR) is 27.0 cm³/mol. The maximum absolute atomic E-state index is 11.3. The van der Waals surface area contributed by atoms with Gasteiger partial charge >= 0.3 is 0 Å². The number of hydrogen-bond donors (Lipinski definition) is 2. The average molecular weight is 123 g/mol. The van der Waals surface area contributed by atoms with Crippen LogP contribution in [0, 0.1) is 5.41 Å². The van der Waals surface area contributed by atoms with Gasteiger partial charge in [0.2, 0.25) is 5.97 Å². The summed E-state index contributed by atoms with van der Waals surface area (Å²) in [6.45, 7) is 0. The zero-order valence-corrected chi connectivity index (χ0v) is 4.17. The van der Waals surface area contributed by atoms with Gasteiger partial charge in [-0.1, -0.05) is 11.6 Å². The van der Waals surface area contributed by atoms with Gasteiger partial charge in [-0.15, -0.1) is 0 Å². The SMILES string of the molecule is N=C(F)/C=C(\N)Cl. The van der Waals surface area contributed by atoms with E-state index in [2.05, 4.69) is 0 Å². The molecular formula is C3H4ClFN2. The maximum Gasteiger partial charge on any atom is 0.208 e. The quantitative estimate of drug-likeness (QED) is 0.395. The molecule has 0 heterocycles. The van der Waals surface area contributed by atoms with Crippen molar-refractivity contribution in [2.75, 3.05) is 0 Å². The number of hydrogen-bond acceptors (Lipinski definition) is 2. The molecule has 0 saturated heterocycles. The van der Waals surface area contributed by atoms with Crippen LogP contribution in [0.2, 0.25) is 0 Å². The van der Waals surface area contributed by atoms with Gasteiger partial charge in [0.25, 0.3) is 0 Å². The molecule has 7 heavy (non-hydrogen) atoms. The monoisotopic (exact) mass is 122 g/mol. The second-order valence-corrected chi connectivity index (χ2v) is 1.31. The van der Waals surface area contributed by atoms with E-state index in [0.29, 0.717) is 6.08 Å². The first-order valence-corrected chi connectivity index (χ1v) is 1.87. The third kappa shape index (κ3) is 5.43. The molecule has 0 aliphatic rings. The molecule has 0 amide bonds. The van der Waals surface area contributed by atoms with Crippen LogP contribution in [0.1, 0.15) is 0 Å². The number of allylic oxidation sites excluding steroid dienone is 1. The van der Waals surface area contributed by atoms with Gasteiger partial charge in [-0.3, -0.25) is 5.41 Å². The molecule has 0 aliphatic carbocycles. The van der Waals surface area contributed by atoms with Crippen molar-refractivity contribution in [3.8, 4) is 0 Å². The molecule has 0 rings (SSSR count). The molecule has 0 saturated carbocycles. The Morgan fingerprint density at radius 1 is 1.86 bits per heavy atom. The normalized spacial score (nSPS) is 11.4. The van der Waals surface area contributed by atoms with Crippen molar-refractivity contribution >= 4 is 17.6 Å². The van der Waals surface area contributed by atoms with Crippen LogP contribution in [0.3, 0.4) is 0 Å². The highest BCUT2D eigenvalue weighted by Gasteiger charge is 1.83. The van der Waals surface area contributed by atoms with Gasteiger partial charge in [-0.2, -0.15) is 4.39 Å². The van der Waals surface area contributed by atoms with Crippen LogP contribution in [-0.2, 0) is 0 Å². The summed E-state index contributed by atoms with van der Waals surface area (Å²) >= 11 is 4.93. The van der Waals surface area contributed by atoms with Crippen LogP contribution in [0.15, 0.2) is 11.2 Å². The third-order valence-corrected chi connectivity index (χ3v) is 0.374. The Hall–Kier alpha value is -0.570. The zero-order valence-electron chi connectivity index (χ0n) is 3.41. The summed E-state index contributed by atoms with van der Waals surface area (Å²) in [6.07, 6.45) is 0.710. The van der Waals surface area contributed by atoms with Gasteiger partial charge in [0, 0.05) is 6.08 Å². The second-order valence-electron chi connectivity index (χ2n) is 0.877. The van der Waals surface area contributed by atoms with Crippen LogP contribution in [0.25, 0.3) is 0 Å². The van der Waals surface area contributed by atoms with Crippen molar-refractivity contribution in [1.29, 1.82) is 5.41 Å². The molecule has 0 unspecified atom stereocenters. The van der Waals surface area contributed by atoms with Gasteiger partial charge in [0.15, 0.2) is 0 Å².